The fourth-order valence-corrected chi connectivity index (χ4v) is 2.78. The molecule has 0 radical (unpaired) electrons. The molecule has 0 fully saturated rings. The third-order valence-electron chi connectivity index (χ3n) is 3.73. The summed E-state index contributed by atoms with van der Waals surface area (Å²) in [7, 11) is 1.55. The molecule has 0 saturated heterocycles. The Hall–Kier alpha value is -2.08. The molecule has 0 bridgehead atoms. The van der Waals surface area contributed by atoms with E-state index >= 15 is 0 Å². The molecule has 0 unspecified atom stereocenters. The molecule has 2 aromatic rings. The first-order valence-corrected chi connectivity index (χ1v) is 8.60. The lowest BCUT2D eigenvalue weighted by molar-refractivity contribution is -0.117. The molecule has 2 aromatic carbocycles. The average molecular weight is 362 g/mol. The van der Waals surface area contributed by atoms with Crippen LogP contribution in [0.3, 0.4) is 0 Å². The van der Waals surface area contributed by atoms with Crippen molar-refractivity contribution in [3.63, 3.8) is 0 Å². The van der Waals surface area contributed by atoms with Gasteiger partial charge in [0.05, 0.1) is 18.7 Å². The van der Waals surface area contributed by atoms with Gasteiger partial charge in [-0.3, -0.25) is 9.69 Å². The van der Waals surface area contributed by atoms with E-state index in [2.05, 4.69) is 22.3 Å². The Morgan fingerprint density at radius 2 is 2.00 bits per heavy atom. The van der Waals surface area contributed by atoms with Crippen LogP contribution in [0.4, 0.5) is 5.69 Å². The molecular formula is C19H24ClN3O2. The van der Waals surface area contributed by atoms with E-state index in [-0.39, 0.29) is 5.91 Å². The van der Waals surface area contributed by atoms with Gasteiger partial charge in [0, 0.05) is 18.8 Å². The number of halogens is 1. The van der Waals surface area contributed by atoms with E-state index < -0.39 is 0 Å². The Morgan fingerprint density at radius 3 is 2.64 bits per heavy atom. The molecule has 1 amide bonds. The molecule has 25 heavy (non-hydrogen) atoms. The third-order valence-corrected chi connectivity index (χ3v) is 4.03. The number of amides is 1. The van der Waals surface area contributed by atoms with Crippen LogP contribution in [0.1, 0.15) is 12.0 Å². The Kier molecular flexibility index (Phi) is 7.73. The SMILES string of the molecule is COc1ccc(NC(=O)CN(CCCN)Cc2ccccc2)cc1Cl. The highest BCUT2D eigenvalue weighted by atomic mass is 35.5. The number of methoxy groups -OCH3 is 1. The summed E-state index contributed by atoms with van der Waals surface area (Å²) >= 11 is 6.09. The number of carbonyl (C=O) groups excluding carboxylic acids is 1. The number of nitrogens with two attached hydrogens (primary N) is 1. The maximum absolute atomic E-state index is 12.4. The summed E-state index contributed by atoms with van der Waals surface area (Å²) in [6.45, 7) is 2.36. The Labute approximate surface area is 153 Å². The van der Waals surface area contributed by atoms with Gasteiger partial charge >= 0.3 is 0 Å². The first-order valence-electron chi connectivity index (χ1n) is 8.22. The number of benzene rings is 2. The number of rotatable bonds is 9. The van der Waals surface area contributed by atoms with Gasteiger partial charge in [-0.2, -0.15) is 0 Å². The van der Waals surface area contributed by atoms with Crippen LogP contribution in [0.25, 0.3) is 0 Å². The van der Waals surface area contributed by atoms with Gasteiger partial charge in [-0.25, -0.2) is 0 Å². The van der Waals surface area contributed by atoms with Crippen molar-refractivity contribution in [3.05, 3.63) is 59.1 Å². The molecule has 2 rings (SSSR count). The second-order valence-electron chi connectivity index (χ2n) is 5.74. The highest BCUT2D eigenvalue weighted by Crippen LogP contribution is 2.27. The summed E-state index contributed by atoms with van der Waals surface area (Å²) in [5.74, 6) is 0.488. The van der Waals surface area contributed by atoms with E-state index in [1.165, 1.54) is 5.56 Å². The van der Waals surface area contributed by atoms with Crippen LogP contribution in [-0.4, -0.2) is 37.6 Å². The van der Waals surface area contributed by atoms with Gasteiger partial charge in [-0.15, -0.1) is 0 Å². The van der Waals surface area contributed by atoms with Crippen molar-refractivity contribution in [2.45, 2.75) is 13.0 Å². The fourth-order valence-electron chi connectivity index (χ4n) is 2.52. The first kappa shape index (κ1) is 19.2. The summed E-state index contributed by atoms with van der Waals surface area (Å²) in [5.41, 5.74) is 7.43. The second kappa shape index (κ2) is 10.0. The Balaban J connectivity index is 1.97. The van der Waals surface area contributed by atoms with Crippen molar-refractivity contribution in [2.24, 2.45) is 5.73 Å². The minimum atomic E-state index is -0.0887. The van der Waals surface area contributed by atoms with Gasteiger partial charge in [0.2, 0.25) is 5.91 Å². The van der Waals surface area contributed by atoms with E-state index in [0.717, 1.165) is 13.0 Å². The molecule has 6 heteroatoms. The van der Waals surface area contributed by atoms with Crippen LogP contribution in [0.2, 0.25) is 5.02 Å². The van der Waals surface area contributed by atoms with Gasteiger partial charge in [0.1, 0.15) is 5.75 Å². The monoisotopic (exact) mass is 361 g/mol. The number of carbonyl (C=O) groups is 1. The molecule has 134 valence electrons. The molecular weight excluding hydrogens is 338 g/mol. The van der Waals surface area contributed by atoms with Gasteiger partial charge in [-0.05, 0) is 36.7 Å². The Bertz CT molecular complexity index is 680. The zero-order valence-corrected chi connectivity index (χ0v) is 15.1. The summed E-state index contributed by atoms with van der Waals surface area (Å²) in [5, 5.41) is 3.34. The normalized spacial score (nSPS) is 10.7. The number of anilines is 1. The van der Waals surface area contributed by atoms with Crippen molar-refractivity contribution in [1.29, 1.82) is 0 Å². The number of nitrogens with one attached hydrogen (secondary N) is 1. The quantitative estimate of drug-likeness (QED) is 0.720. The molecule has 0 aliphatic carbocycles. The van der Waals surface area contributed by atoms with Crippen molar-refractivity contribution in [3.8, 4) is 5.75 Å². The van der Waals surface area contributed by atoms with Crippen molar-refractivity contribution < 1.29 is 9.53 Å². The van der Waals surface area contributed by atoms with Crippen LogP contribution >= 0.6 is 11.6 Å². The average Bonchev–Trinajstić information content (AvgIpc) is 2.60. The van der Waals surface area contributed by atoms with Crippen LogP contribution in [0.5, 0.6) is 5.75 Å². The molecule has 0 aliphatic rings. The fraction of sp³-hybridized carbons (Fsp3) is 0.316. The maximum Gasteiger partial charge on any atom is 0.238 e. The number of hydrogen-bond donors (Lipinski definition) is 2. The standard InChI is InChI=1S/C19H24ClN3O2/c1-25-18-9-8-16(12-17(18)20)22-19(24)14-23(11-5-10-21)13-15-6-3-2-4-7-15/h2-4,6-9,12H,5,10-11,13-14,21H2,1H3,(H,22,24). The number of nitrogens with zero attached hydrogens (tertiary/aromatic N) is 1. The minimum Gasteiger partial charge on any atom is -0.495 e. The van der Waals surface area contributed by atoms with E-state index in [9.17, 15) is 4.79 Å². The first-order chi connectivity index (χ1) is 12.1. The van der Waals surface area contributed by atoms with Crippen LogP contribution in [0.15, 0.2) is 48.5 Å². The lowest BCUT2D eigenvalue weighted by Gasteiger charge is -2.21. The molecule has 0 saturated carbocycles. The molecule has 0 heterocycles. The second-order valence-corrected chi connectivity index (χ2v) is 6.14. The summed E-state index contributed by atoms with van der Waals surface area (Å²) in [6, 6.07) is 15.3. The Morgan fingerprint density at radius 1 is 1.24 bits per heavy atom. The van der Waals surface area contributed by atoms with E-state index in [4.69, 9.17) is 22.1 Å². The molecule has 0 spiro atoms. The highest BCUT2D eigenvalue weighted by Gasteiger charge is 2.12. The molecule has 5 nitrogen and oxygen atoms in total. The van der Waals surface area contributed by atoms with Gasteiger partial charge in [0.25, 0.3) is 0 Å². The zero-order chi connectivity index (χ0) is 18.1. The lowest BCUT2D eigenvalue weighted by atomic mass is 10.2. The van der Waals surface area contributed by atoms with E-state index in [0.29, 0.717) is 36.1 Å². The van der Waals surface area contributed by atoms with Gasteiger partial charge < -0.3 is 15.8 Å². The van der Waals surface area contributed by atoms with Gasteiger partial charge in [-0.1, -0.05) is 41.9 Å². The summed E-state index contributed by atoms with van der Waals surface area (Å²) in [6.07, 6.45) is 0.842. The maximum atomic E-state index is 12.4. The molecule has 0 aliphatic heterocycles. The van der Waals surface area contributed by atoms with Crippen molar-refractivity contribution in [2.75, 3.05) is 32.1 Å². The summed E-state index contributed by atoms with van der Waals surface area (Å²) in [4.78, 5) is 14.5. The van der Waals surface area contributed by atoms with Crippen LogP contribution < -0.4 is 15.8 Å². The molecule has 3 N–H and O–H groups in total. The minimum absolute atomic E-state index is 0.0887. The van der Waals surface area contributed by atoms with E-state index in [1.54, 1.807) is 25.3 Å². The number of ether oxygens (including phenoxy) is 1. The van der Waals surface area contributed by atoms with Crippen LogP contribution in [0, 0.1) is 0 Å². The predicted octanol–water partition coefficient (Wildman–Crippen LogP) is 3.14. The van der Waals surface area contributed by atoms with Crippen molar-refractivity contribution >= 4 is 23.2 Å². The largest absolute Gasteiger partial charge is 0.495 e. The lowest BCUT2D eigenvalue weighted by Crippen LogP contribution is -2.34. The van der Waals surface area contributed by atoms with Gasteiger partial charge in [0.15, 0.2) is 0 Å². The molecule has 0 aromatic heterocycles. The zero-order valence-electron chi connectivity index (χ0n) is 14.4. The van der Waals surface area contributed by atoms with Crippen molar-refractivity contribution in [1.82, 2.24) is 4.90 Å². The predicted molar refractivity (Wildman–Crippen MR) is 102 cm³/mol. The third kappa shape index (κ3) is 6.38. The topological polar surface area (TPSA) is 67.6 Å². The number of hydrogen-bond acceptors (Lipinski definition) is 4. The van der Waals surface area contributed by atoms with E-state index in [1.807, 2.05) is 18.2 Å². The van der Waals surface area contributed by atoms with Crippen LogP contribution in [-0.2, 0) is 11.3 Å². The highest BCUT2D eigenvalue weighted by molar-refractivity contribution is 6.32. The molecule has 0 atom stereocenters. The summed E-state index contributed by atoms with van der Waals surface area (Å²) < 4.78 is 5.12. The smallest absolute Gasteiger partial charge is 0.238 e.